The molecule has 1 fully saturated rings. The highest BCUT2D eigenvalue weighted by atomic mass is 19.1. The molecule has 1 aliphatic rings. The lowest BCUT2D eigenvalue weighted by molar-refractivity contribution is 0.219. The van der Waals surface area contributed by atoms with Crippen molar-refractivity contribution < 1.29 is 8.78 Å². The quantitative estimate of drug-likeness (QED) is 0.892. The van der Waals surface area contributed by atoms with Gasteiger partial charge in [-0.2, -0.15) is 0 Å². The van der Waals surface area contributed by atoms with Gasteiger partial charge >= 0.3 is 0 Å². The summed E-state index contributed by atoms with van der Waals surface area (Å²) in [5.74, 6) is -0.636. The fraction of sp³-hybridized carbons (Fsp3) is 0.647. The van der Waals surface area contributed by atoms with Crippen LogP contribution >= 0.6 is 0 Å². The standard InChI is InChI=1S/C17H26F2N2/c1-11(2)14-9-20-15(17(3,4)5)10-21(14)16-12(18)7-6-8-13(16)19/h6-8,11,14-15,20H,9-10H2,1-5H3. The highest BCUT2D eigenvalue weighted by Crippen LogP contribution is 2.32. The number of para-hydroxylation sites is 1. The maximum absolute atomic E-state index is 14.2. The summed E-state index contributed by atoms with van der Waals surface area (Å²) in [5, 5.41) is 3.54. The molecule has 21 heavy (non-hydrogen) atoms. The summed E-state index contributed by atoms with van der Waals surface area (Å²) in [6, 6.07) is 4.39. The van der Waals surface area contributed by atoms with Gasteiger partial charge in [0.1, 0.15) is 17.3 Å². The molecule has 0 bridgehead atoms. The van der Waals surface area contributed by atoms with Crippen molar-refractivity contribution in [1.29, 1.82) is 0 Å². The highest BCUT2D eigenvalue weighted by Gasteiger charge is 2.37. The van der Waals surface area contributed by atoms with E-state index in [2.05, 4.69) is 39.9 Å². The summed E-state index contributed by atoms with van der Waals surface area (Å²) in [6.45, 7) is 12.0. The molecule has 1 heterocycles. The van der Waals surface area contributed by atoms with Crippen LogP contribution in [0, 0.1) is 23.0 Å². The second-order valence-electron chi connectivity index (χ2n) is 7.36. The first-order valence-electron chi connectivity index (χ1n) is 7.66. The zero-order valence-corrected chi connectivity index (χ0v) is 13.6. The van der Waals surface area contributed by atoms with E-state index >= 15 is 0 Å². The summed E-state index contributed by atoms with van der Waals surface area (Å²) in [7, 11) is 0. The molecule has 1 aromatic carbocycles. The predicted octanol–water partition coefficient (Wildman–Crippen LogP) is 3.81. The molecular formula is C17H26F2N2. The van der Waals surface area contributed by atoms with Crippen LogP contribution in [0.4, 0.5) is 14.5 Å². The van der Waals surface area contributed by atoms with E-state index in [9.17, 15) is 8.78 Å². The largest absolute Gasteiger partial charge is 0.361 e. The van der Waals surface area contributed by atoms with Gasteiger partial charge in [-0.3, -0.25) is 0 Å². The van der Waals surface area contributed by atoms with E-state index in [1.807, 2.05) is 4.90 Å². The third kappa shape index (κ3) is 3.37. The van der Waals surface area contributed by atoms with Gasteiger partial charge in [-0.25, -0.2) is 8.78 Å². The van der Waals surface area contributed by atoms with Crippen LogP contribution in [0.25, 0.3) is 0 Å². The SMILES string of the molecule is CC(C)C1CNC(C(C)(C)C)CN1c1c(F)cccc1F. The van der Waals surface area contributed by atoms with E-state index in [-0.39, 0.29) is 23.2 Å². The van der Waals surface area contributed by atoms with E-state index in [4.69, 9.17) is 0 Å². The van der Waals surface area contributed by atoms with E-state index < -0.39 is 11.6 Å². The third-order valence-corrected chi connectivity index (χ3v) is 4.39. The van der Waals surface area contributed by atoms with Crippen molar-refractivity contribution in [2.45, 2.75) is 46.7 Å². The van der Waals surface area contributed by atoms with Gasteiger partial charge in [0.15, 0.2) is 0 Å². The number of halogens is 2. The second-order valence-corrected chi connectivity index (χ2v) is 7.36. The molecule has 2 rings (SSSR count). The normalized spacial score (nSPS) is 23.7. The number of nitrogens with zero attached hydrogens (tertiary/aromatic N) is 1. The van der Waals surface area contributed by atoms with Crippen LogP contribution in [0.1, 0.15) is 34.6 Å². The first kappa shape index (κ1) is 16.2. The van der Waals surface area contributed by atoms with Gasteiger partial charge in [-0.05, 0) is 23.5 Å². The van der Waals surface area contributed by atoms with Crippen LogP contribution in [0.15, 0.2) is 18.2 Å². The highest BCUT2D eigenvalue weighted by molar-refractivity contribution is 5.51. The first-order valence-corrected chi connectivity index (χ1v) is 7.66. The molecule has 2 unspecified atom stereocenters. The molecule has 2 nitrogen and oxygen atoms in total. The Bertz CT molecular complexity index is 474. The summed E-state index contributed by atoms with van der Waals surface area (Å²) in [6.07, 6.45) is 0. The molecule has 2 atom stereocenters. The number of piperazine rings is 1. The van der Waals surface area contributed by atoms with Gasteiger partial charge in [0.25, 0.3) is 0 Å². The van der Waals surface area contributed by atoms with Gasteiger partial charge in [0.2, 0.25) is 0 Å². The van der Waals surface area contributed by atoms with Crippen molar-refractivity contribution in [2.24, 2.45) is 11.3 Å². The van der Waals surface area contributed by atoms with Gasteiger partial charge < -0.3 is 10.2 Å². The fourth-order valence-electron chi connectivity index (χ4n) is 2.97. The number of rotatable bonds is 2. The maximum Gasteiger partial charge on any atom is 0.149 e. The molecule has 4 heteroatoms. The van der Waals surface area contributed by atoms with Crippen molar-refractivity contribution in [3.05, 3.63) is 29.8 Å². The van der Waals surface area contributed by atoms with E-state index in [0.29, 0.717) is 12.5 Å². The smallest absolute Gasteiger partial charge is 0.149 e. The van der Waals surface area contributed by atoms with E-state index in [1.54, 1.807) is 0 Å². The summed E-state index contributed by atoms with van der Waals surface area (Å²) in [4.78, 5) is 1.92. The molecule has 118 valence electrons. The second kappa shape index (κ2) is 5.91. The molecule has 0 radical (unpaired) electrons. The monoisotopic (exact) mass is 296 g/mol. The van der Waals surface area contributed by atoms with Crippen LogP contribution in [0.3, 0.4) is 0 Å². The van der Waals surface area contributed by atoms with Crippen LogP contribution in [-0.4, -0.2) is 25.2 Å². The minimum absolute atomic E-state index is 0.0436. The van der Waals surface area contributed by atoms with E-state index in [0.717, 1.165) is 6.54 Å². The Hall–Kier alpha value is -1.16. The van der Waals surface area contributed by atoms with E-state index in [1.165, 1.54) is 18.2 Å². The Kier molecular flexibility index (Phi) is 4.57. The average Bonchev–Trinajstić information content (AvgIpc) is 2.37. The summed E-state index contributed by atoms with van der Waals surface area (Å²) in [5.41, 5.74) is 0.161. The fourth-order valence-corrected chi connectivity index (χ4v) is 2.97. The molecule has 0 amide bonds. The molecule has 0 aliphatic carbocycles. The molecular weight excluding hydrogens is 270 g/mol. The maximum atomic E-state index is 14.2. The molecule has 1 N–H and O–H groups in total. The topological polar surface area (TPSA) is 15.3 Å². The molecule has 1 saturated heterocycles. The minimum Gasteiger partial charge on any atom is -0.361 e. The zero-order valence-electron chi connectivity index (χ0n) is 13.6. The van der Waals surface area contributed by atoms with Crippen LogP contribution in [0.5, 0.6) is 0 Å². The zero-order chi connectivity index (χ0) is 15.8. The Balaban J connectivity index is 2.39. The third-order valence-electron chi connectivity index (χ3n) is 4.39. The van der Waals surface area contributed by atoms with Gasteiger partial charge in [0, 0.05) is 25.2 Å². The van der Waals surface area contributed by atoms with Crippen molar-refractivity contribution in [2.75, 3.05) is 18.0 Å². The lowest BCUT2D eigenvalue weighted by atomic mass is 9.83. The van der Waals surface area contributed by atoms with Crippen molar-refractivity contribution in [3.8, 4) is 0 Å². The van der Waals surface area contributed by atoms with Crippen molar-refractivity contribution >= 4 is 5.69 Å². The summed E-state index contributed by atoms with van der Waals surface area (Å²) < 4.78 is 28.4. The van der Waals surface area contributed by atoms with Crippen molar-refractivity contribution in [1.82, 2.24) is 5.32 Å². The number of benzene rings is 1. The number of anilines is 1. The van der Waals surface area contributed by atoms with Gasteiger partial charge in [-0.1, -0.05) is 40.7 Å². The average molecular weight is 296 g/mol. The summed E-state index contributed by atoms with van der Waals surface area (Å²) >= 11 is 0. The lowest BCUT2D eigenvalue weighted by Crippen LogP contribution is -2.62. The number of hydrogen-bond donors (Lipinski definition) is 1. The molecule has 1 aliphatic heterocycles. The van der Waals surface area contributed by atoms with Crippen LogP contribution in [-0.2, 0) is 0 Å². The van der Waals surface area contributed by atoms with Crippen LogP contribution in [0.2, 0.25) is 0 Å². The first-order chi connectivity index (χ1) is 9.71. The Morgan fingerprint density at radius 3 is 2.24 bits per heavy atom. The minimum atomic E-state index is -0.477. The van der Waals surface area contributed by atoms with Gasteiger partial charge in [-0.15, -0.1) is 0 Å². The molecule has 1 aromatic rings. The lowest BCUT2D eigenvalue weighted by Gasteiger charge is -2.47. The van der Waals surface area contributed by atoms with Crippen LogP contribution < -0.4 is 10.2 Å². The Labute approximate surface area is 126 Å². The Morgan fingerprint density at radius 1 is 1.19 bits per heavy atom. The number of nitrogens with one attached hydrogen (secondary N) is 1. The number of hydrogen-bond acceptors (Lipinski definition) is 2. The molecule has 0 spiro atoms. The molecule has 0 saturated carbocycles. The van der Waals surface area contributed by atoms with Crippen molar-refractivity contribution in [3.63, 3.8) is 0 Å². The molecule has 0 aromatic heterocycles. The Morgan fingerprint density at radius 2 is 1.76 bits per heavy atom. The predicted molar refractivity (Wildman–Crippen MR) is 83.6 cm³/mol. The van der Waals surface area contributed by atoms with Gasteiger partial charge in [0.05, 0.1) is 0 Å².